The number of allylic oxidation sites excluding steroid dienone is 4. The van der Waals surface area contributed by atoms with E-state index in [0.29, 0.717) is 12.2 Å². The number of hydrogen-bond donors (Lipinski definition) is 0. The van der Waals surface area contributed by atoms with Crippen LogP contribution in [0.1, 0.15) is 13.8 Å². The Kier molecular flexibility index (Phi) is 7.74. The topological polar surface area (TPSA) is 0 Å². The second-order valence-corrected chi connectivity index (χ2v) is 9.64. The standard InChI is InChI=1S/C26H11BF15/c1-6(2)7-3-4-8(5-7)27(9-12(28)18(34)24(40)19(35)13(9)29,10-14(30)20(36)25(41)21(37)15(10)31)11-16(32)22(38)26(42)23(39)17(11)33/h3-6,8H,1-2H3/q-1. The van der Waals surface area contributed by atoms with Crippen LogP contribution in [0.2, 0.25) is 5.82 Å². The van der Waals surface area contributed by atoms with Gasteiger partial charge in [0.2, 0.25) is 0 Å². The molecule has 42 heavy (non-hydrogen) atoms. The van der Waals surface area contributed by atoms with Gasteiger partial charge in [0.15, 0.2) is 52.4 Å². The van der Waals surface area contributed by atoms with E-state index >= 15 is 26.3 Å². The molecule has 1 aliphatic carbocycles. The zero-order valence-electron chi connectivity index (χ0n) is 20.6. The maximum absolute atomic E-state index is 15.5. The molecule has 0 heterocycles. The van der Waals surface area contributed by atoms with E-state index in [2.05, 4.69) is 0 Å². The van der Waals surface area contributed by atoms with E-state index in [1.54, 1.807) is 0 Å². The third kappa shape index (κ3) is 4.04. The molecule has 3 aromatic carbocycles. The van der Waals surface area contributed by atoms with E-state index in [1.165, 1.54) is 13.8 Å². The first kappa shape index (κ1) is 31.1. The lowest BCUT2D eigenvalue weighted by Crippen LogP contribution is -2.75. The molecular weight excluding hydrogens is 608 g/mol. The molecule has 0 bridgehead atoms. The van der Waals surface area contributed by atoms with Crippen molar-refractivity contribution >= 4 is 22.5 Å². The molecule has 0 spiro atoms. The first-order valence-corrected chi connectivity index (χ1v) is 11.6. The summed E-state index contributed by atoms with van der Waals surface area (Å²) in [6.45, 7) is 2.78. The largest absolute Gasteiger partial charge is 0.207 e. The summed E-state index contributed by atoms with van der Waals surface area (Å²) in [5.74, 6) is -48.3. The van der Waals surface area contributed by atoms with Gasteiger partial charge in [0.25, 0.3) is 0 Å². The van der Waals surface area contributed by atoms with Crippen LogP contribution in [0.3, 0.4) is 0 Å². The van der Waals surface area contributed by atoms with Crippen LogP contribution >= 0.6 is 0 Å². The predicted molar refractivity (Wildman–Crippen MR) is 119 cm³/mol. The number of benzene rings is 3. The Bertz CT molecular complexity index is 1470. The summed E-state index contributed by atoms with van der Waals surface area (Å²) in [6, 6.07) is 0. The van der Waals surface area contributed by atoms with Crippen LogP contribution in [0, 0.1) is 93.2 Å². The van der Waals surface area contributed by atoms with Crippen LogP contribution in [-0.2, 0) is 0 Å². The molecule has 0 amide bonds. The highest BCUT2D eigenvalue weighted by Crippen LogP contribution is 2.39. The van der Waals surface area contributed by atoms with Crippen LogP contribution in [0.15, 0.2) is 23.8 Å². The van der Waals surface area contributed by atoms with Crippen molar-refractivity contribution in [3.63, 3.8) is 0 Å². The third-order valence-corrected chi connectivity index (χ3v) is 7.24. The molecule has 16 heteroatoms. The third-order valence-electron chi connectivity index (χ3n) is 7.24. The SMILES string of the molecule is CC(C)C1=CC([B-](c2c(F)c(F)c(F)c(F)c2F)(c2c(F)c(F)c(F)c(F)c2F)c2c(F)c(F)c(F)c(F)c2F)C=C1. The van der Waals surface area contributed by atoms with E-state index in [4.69, 9.17) is 0 Å². The Hall–Kier alpha value is -3.85. The lowest BCUT2D eigenvalue weighted by atomic mass is 9.10. The summed E-state index contributed by atoms with van der Waals surface area (Å²) >= 11 is 0. The molecule has 224 valence electrons. The fraction of sp³-hybridized carbons (Fsp3) is 0.154. The second-order valence-electron chi connectivity index (χ2n) is 9.64. The fourth-order valence-electron chi connectivity index (χ4n) is 5.33. The predicted octanol–water partition coefficient (Wildman–Crippen LogP) is 6.77. The minimum atomic E-state index is -5.64. The van der Waals surface area contributed by atoms with Crippen molar-refractivity contribution in [1.82, 2.24) is 0 Å². The van der Waals surface area contributed by atoms with Crippen molar-refractivity contribution in [2.75, 3.05) is 0 Å². The van der Waals surface area contributed by atoms with E-state index in [1.807, 2.05) is 0 Å². The minimum Gasteiger partial charge on any atom is -0.207 e. The smallest absolute Gasteiger partial charge is 0.200 e. The Balaban J connectivity index is 2.51. The van der Waals surface area contributed by atoms with Gasteiger partial charge in [-0.25, -0.2) is 65.9 Å². The van der Waals surface area contributed by atoms with Crippen LogP contribution in [0.5, 0.6) is 0 Å². The minimum absolute atomic E-state index is 0.0529. The first-order valence-electron chi connectivity index (χ1n) is 11.6. The van der Waals surface area contributed by atoms with Crippen molar-refractivity contribution in [2.24, 2.45) is 5.92 Å². The molecule has 1 unspecified atom stereocenters. The second kappa shape index (κ2) is 10.5. The summed E-state index contributed by atoms with van der Waals surface area (Å²) in [6.07, 6.45) is -3.52. The van der Waals surface area contributed by atoms with Crippen LogP contribution in [0.25, 0.3) is 0 Å². The van der Waals surface area contributed by atoms with Gasteiger partial charge in [-0.15, -0.1) is 34.4 Å². The summed E-state index contributed by atoms with van der Waals surface area (Å²) in [5, 5.41) is 0. The van der Waals surface area contributed by atoms with Gasteiger partial charge in [0.1, 0.15) is 41.0 Å². The zero-order chi connectivity index (χ0) is 31.7. The van der Waals surface area contributed by atoms with Crippen molar-refractivity contribution < 1.29 is 65.9 Å². The van der Waals surface area contributed by atoms with E-state index in [9.17, 15) is 39.5 Å². The molecule has 1 aliphatic rings. The Morgan fingerprint density at radius 2 is 0.667 bits per heavy atom. The highest BCUT2D eigenvalue weighted by atomic mass is 19.2. The molecule has 3 aromatic rings. The van der Waals surface area contributed by atoms with Crippen molar-refractivity contribution in [3.05, 3.63) is 111 Å². The number of halogens is 15. The van der Waals surface area contributed by atoms with Gasteiger partial charge in [-0.1, -0.05) is 25.5 Å². The molecule has 0 fully saturated rings. The van der Waals surface area contributed by atoms with Gasteiger partial charge in [-0.3, -0.25) is 0 Å². The Morgan fingerprint density at radius 1 is 0.429 bits per heavy atom. The maximum atomic E-state index is 15.5. The molecule has 0 nitrogen and oxygen atoms in total. The van der Waals surface area contributed by atoms with Gasteiger partial charge in [-0.05, 0) is 5.92 Å². The highest BCUT2D eigenvalue weighted by Gasteiger charge is 2.51. The lowest BCUT2D eigenvalue weighted by Gasteiger charge is -2.47. The molecule has 0 saturated heterocycles. The van der Waals surface area contributed by atoms with Gasteiger partial charge in [0, 0.05) is 0 Å². The average Bonchev–Trinajstić information content (AvgIpc) is 3.46. The van der Waals surface area contributed by atoms with Crippen molar-refractivity contribution in [3.8, 4) is 0 Å². The zero-order valence-corrected chi connectivity index (χ0v) is 20.6. The summed E-state index contributed by atoms with van der Waals surface area (Å²) in [7, 11) is 0. The highest BCUT2D eigenvalue weighted by molar-refractivity contribution is 7.13. The maximum Gasteiger partial charge on any atom is 0.200 e. The summed E-state index contributed by atoms with van der Waals surface area (Å²) in [4.78, 5) is 0. The Morgan fingerprint density at radius 3 is 0.881 bits per heavy atom. The van der Waals surface area contributed by atoms with Gasteiger partial charge < -0.3 is 0 Å². The summed E-state index contributed by atoms with van der Waals surface area (Å²) in [5.41, 5.74) is -7.90. The molecule has 0 N–H and O–H groups in total. The normalized spacial score (nSPS) is 15.3. The van der Waals surface area contributed by atoms with Crippen molar-refractivity contribution in [2.45, 2.75) is 19.7 Å². The molecule has 4 rings (SSSR count). The van der Waals surface area contributed by atoms with Crippen molar-refractivity contribution in [1.29, 1.82) is 0 Å². The van der Waals surface area contributed by atoms with Gasteiger partial charge >= 0.3 is 0 Å². The first-order chi connectivity index (χ1) is 19.4. The average molecular weight is 619 g/mol. The monoisotopic (exact) mass is 619 g/mol. The molecular formula is C26H11BF15-. The molecule has 0 aromatic heterocycles. The molecule has 0 radical (unpaired) electrons. The molecule has 0 aliphatic heterocycles. The van der Waals surface area contributed by atoms with Gasteiger partial charge in [-0.2, -0.15) is 0 Å². The molecule has 0 saturated carbocycles. The Labute approximate surface area is 225 Å². The van der Waals surface area contributed by atoms with E-state index in [0.717, 1.165) is 6.08 Å². The lowest BCUT2D eigenvalue weighted by molar-refractivity contribution is 0.379. The number of hydrogen-bond acceptors (Lipinski definition) is 0. The molecule has 1 atom stereocenters. The van der Waals surface area contributed by atoms with Crippen LogP contribution in [-0.4, -0.2) is 6.15 Å². The quantitative estimate of drug-likeness (QED) is 0.128. The van der Waals surface area contributed by atoms with E-state index < -0.39 is 122 Å². The van der Waals surface area contributed by atoms with Crippen LogP contribution < -0.4 is 16.4 Å². The van der Waals surface area contributed by atoms with E-state index in [-0.39, 0.29) is 5.57 Å². The fourth-order valence-corrected chi connectivity index (χ4v) is 5.33. The summed E-state index contributed by atoms with van der Waals surface area (Å²) < 4.78 is 222. The number of rotatable bonds is 5. The van der Waals surface area contributed by atoms with Crippen LogP contribution in [0.4, 0.5) is 65.9 Å². The van der Waals surface area contributed by atoms with Gasteiger partial charge in [0.05, 0.1) is 0 Å².